The lowest BCUT2D eigenvalue weighted by Crippen LogP contribution is -2.51. The Morgan fingerprint density at radius 1 is 0.871 bits per heavy atom. The number of hydrogen-bond acceptors (Lipinski definition) is 4. The molecule has 2 aliphatic carbocycles. The highest BCUT2D eigenvalue weighted by Crippen LogP contribution is 2.51. The molecule has 2 aliphatic rings. The van der Waals surface area contributed by atoms with Gasteiger partial charge in [0.2, 0.25) is 0 Å². The molecule has 4 heteroatoms. The fourth-order valence-electron chi connectivity index (χ4n) is 5.46. The van der Waals surface area contributed by atoms with Gasteiger partial charge in [-0.1, -0.05) is 78.9 Å². The predicted molar refractivity (Wildman–Crippen MR) is 122 cm³/mol. The summed E-state index contributed by atoms with van der Waals surface area (Å²) in [5.41, 5.74) is 5.69. The summed E-state index contributed by atoms with van der Waals surface area (Å²) in [5.74, 6) is 0.308. The first kappa shape index (κ1) is 20.4. The fraction of sp³-hybridized carbons (Fsp3) is 0.333. The molecular weight excluding hydrogens is 386 g/mol. The monoisotopic (exact) mass is 415 g/mol. The Hall–Kier alpha value is -2.50. The van der Waals surface area contributed by atoms with Crippen LogP contribution in [0, 0.1) is 5.92 Å². The Morgan fingerprint density at radius 3 is 2.13 bits per heavy atom. The molecule has 3 atom stereocenters. The van der Waals surface area contributed by atoms with Crippen LogP contribution in [0.2, 0.25) is 0 Å². The van der Waals surface area contributed by atoms with Crippen LogP contribution in [-0.2, 0) is 15.0 Å². The number of ether oxygens (including phenoxy) is 2. The zero-order valence-corrected chi connectivity index (χ0v) is 17.8. The Kier molecular flexibility index (Phi) is 5.63. The van der Waals surface area contributed by atoms with Crippen molar-refractivity contribution in [2.45, 2.75) is 30.5 Å². The molecule has 4 nitrogen and oxygen atoms in total. The molecule has 0 radical (unpaired) electrons. The topological polar surface area (TPSA) is 50.7 Å². The molecule has 5 rings (SSSR count). The van der Waals surface area contributed by atoms with Crippen molar-refractivity contribution in [1.82, 2.24) is 5.32 Å². The van der Waals surface area contributed by atoms with Gasteiger partial charge in [-0.2, -0.15) is 0 Å². The average molecular weight is 416 g/mol. The van der Waals surface area contributed by atoms with Crippen molar-refractivity contribution in [3.8, 4) is 11.1 Å². The number of methoxy groups -OCH3 is 1. The summed E-state index contributed by atoms with van der Waals surface area (Å²) in [6, 6.07) is 27.8. The van der Waals surface area contributed by atoms with Gasteiger partial charge in [-0.15, -0.1) is 0 Å². The molecule has 3 aromatic rings. The van der Waals surface area contributed by atoms with Crippen LogP contribution in [0.5, 0.6) is 0 Å². The maximum absolute atomic E-state index is 11.0. The number of fused-ring (bicyclic) bond motifs is 3. The van der Waals surface area contributed by atoms with E-state index in [2.05, 4.69) is 84.2 Å². The van der Waals surface area contributed by atoms with Crippen LogP contribution in [0.15, 0.2) is 78.9 Å². The largest absolute Gasteiger partial charge is 0.391 e. The second-order valence-corrected chi connectivity index (χ2v) is 8.64. The summed E-state index contributed by atoms with van der Waals surface area (Å²) in [6.45, 7) is 0.897. The van der Waals surface area contributed by atoms with E-state index in [1.165, 1.54) is 27.8 Å². The minimum absolute atomic E-state index is 0.0319. The van der Waals surface area contributed by atoms with E-state index in [0.717, 1.165) is 12.8 Å². The van der Waals surface area contributed by atoms with E-state index < -0.39 is 11.6 Å². The summed E-state index contributed by atoms with van der Waals surface area (Å²) in [5, 5.41) is 14.9. The van der Waals surface area contributed by atoms with E-state index in [9.17, 15) is 5.11 Å². The van der Waals surface area contributed by atoms with Crippen LogP contribution in [0.25, 0.3) is 11.1 Å². The van der Waals surface area contributed by atoms with Gasteiger partial charge in [0, 0.05) is 13.2 Å². The molecule has 2 N–H and O–H groups in total. The summed E-state index contributed by atoms with van der Waals surface area (Å²) in [4.78, 5) is 0. The second-order valence-electron chi connectivity index (χ2n) is 8.64. The van der Waals surface area contributed by atoms with E-state index in [-0.39, 0.29) is 6.04 Å². The summed E-state index contributed by atoms with van der Waals surface area (Å²) in [6.07, 6.45) is 1.18. The van der Waals surface area contributed by atoms with Gasteiger partial charge in [-0.25, -0.2) is 0 Å². The highest BCUT2D eigenvalue weighted by molar-refractivity contribution is 5.83. The molecule has 3 aromatic carbocycles. The van der Waals surface area contributed by atoms with E-state index in [1.54, 1.807) is 7.11 Å². The molecule has 160 valence electrons. The van der Waals surface area contributed by atoms with Crippen molar-refractivity contribution in [2.75, 3.05) is 20.5 Å². The minimum Gasteiger partial charge on any atom is -0.391 e. The number of rotatable bonds is 7. The molecule has 0 aliphatic heterocycles. The number of nitrogens with one attached hydrogen (secondary N) is 1. The molecule has 1 fully saturated rings. The van der Waals surface area contributed by atoms with E-state index in [1.807, 2.05) is 0 Å². The van der Waals surface area contributed by atoms with Gasteiger partial charge >= 0.3 is 0 Å². The van der Waals surface area contributed by atoms with Crippen LogP contribution in [0.1, 0.15) is 29.5 Å². The average Bonchev–Trinajstić information content (AvgIpc) is 3.31. The molecular formula is C27H29NO3. The molecule has 0 bridgehead atoms. The number of aliphatic hydroxyl groups is 1. The quantitative estimate of drug-likeness (QED) is 0.446. The predicted octanol–water partition coefficient (Wildman–Crippen LogP) is 4.31. The number of aliphatic hydroxyl groups excluding tert-OH is 1. The van der Waals surface area contributed by atoms with E-state index in [0.29, 0.717) is 19.3 Å². The molecule has 1 saturated carbocycles. The van der Waals surface area contributed by atoms with Gasteiger partial charge in [0.15, 0.2) is 0 Å². The Morgan fingerprint density at radius 2 is 1.48 bits per heavy atom. The molecule has 0 amide bonds. The molecule has 0 aromatic heterocycles. The first-order valence-electron chi connectivity index (χ1n) is 11.0. The number of benzene rings is 3. The molecule has 0 unspecified atom stereocenters. The molecule has 31 heavy (non-hydrogen) atoms. The maximum Gasteiger partial charge on any atom is 0.146 e. The first-order chi connectivity index (χ1) is 15.2. The van der Waals surface area contributed by atoms with Gasteiger partial charge < -0.3 is 14.6 Å². The zero-order valence-electron chi connectivity index (χ0n) is 17.8. The van der Waals surface area contributed by atoms with Gasteiger partial charge in [0.1, 0.15) is 6.79 Å². The van der Waals surface area contributed by atoms with Crippen LogP contribution in [-0.4, -0.2) is 37.8 Å². The third kappa shape index (κ3) is 3.50. The zero-order chi connectivity index (χ0) is 21.3. The third-order valence-corrected chi connectivity index (χ3v) is 6.74. The smallest absolute Gasteiger partial charge is 0.146 e. The third-order valence-electron chi connectivity index (χ3n) is 6.74. The lowest BCUT2D eigenvalue weighted by atomic mass is 9.79. The van der Waals surface area contributed by atoms with Crippen molar-refractivity contribution in [2.24, 2.45) is 5.92 Å². The first-order valence-corrected chi connectivity index (χ1v) is 11.0. The van der Waals surface area contributed by atoms with E-state index >= 15 is 0 Å². The van der Waals surface area contributed by atoms with Gasteiger partial charge in [0.05, 0.1) is 18.2 Å². The van der Waals surface area contributed by atoms with Gasteiger partial charge in [-0.05, 0) is 46.6 Å². The normalized spacial score (nSPS) is 23.5. The molecule has 0 saturated heterocycles. The lowest BCUT2D eigenvalue weighted by Gasteiger charge is -2.38. The second kappa shape index (κ2) is 8.56. The SMILES string of the molecule is COCOC[C@@H]1C[C@H](O)[C@H](NC2(c3ccccc3)c3ccccc3-c3ccccc32)C1. The summed E-state index contributed by atoms with van der Waals surface area (Å²) >= 11 is 0. The van der Waals surface area contributed by atoms with Crippen molar-refractivity contribution in [3.63, 3.8) is 0 Å². The Labute approximate surface area is 183 Å². The van der Waals surface area contributed by atoms with Gasteiger partial charge in [0.25, 0.3) is 0 Å². The van der Waals surface area contributed by atoms with Crippen LogP contribution in [0.4, 0.5) is 0 Å². The van der Waals surface area contributed by atoms with Crippen LogP contribution in [0.3, 0.4) is 0 Å². The summed E-state index contributed by atoms with van der Waals surface area (Å²) < 4.78 is 10.6. The van der Waals surface area contributed by atoms with Crippen molar-refractivity contribution in [3.05, 3.63) is 95.6 Å². The Bertz CT molecular complexity index is 990. The van der Waals surface area contributed by atoms with Crippen molar-refractivity contribution in [1.29, 1.82) is 0 Å². The van der Waals surface area contributed by atoms with Crippen LogP contribution < -0.4 is 5.32 Å². The summed E-state index contributed by atoms with van der Waals surface area (Å²) in [7, 11) is 1.63. The standard InChI is InChI=1S/C27H29NO3/c1-30-18-31-17-19-15-25(26(29)16-19)28-27(20-9-3-2-4-10-20)23-13-7-5-11-21(23)22-12-6-8-14-24(22)27/h2-14,19,25-26,28-29H,15-18H2,1H3/t19-,25+,26-/m0/s1. The van der Waals surface area contributed by atoms with E-state index in [4.69, 9.17) is 9.47 Å². The minimum atomic E-state index is -0.498. The Balaban J connectivity index is 1.57. The highest BCUT2D eigenvalue weighted by atomic mass is 16.7. The van der Waals surface area contributed by atoms with Crippen LogP contribution >= 0.6 is 0 Å². The maximum atomic E-state index is 11.0. The molecule has 0 heterocycles. The fourth-order valence-corrected chi connectivity index (χ4v) is 5.46. The van der Waals surface area contributed by atoms with Crippen molar-refractivity contribution >= 4 is 0 Å². The number of hydrogen-bond donors (Lipinski definition) is 2. The molecule has 0 spiro atoms. The lowest BCUT2D eigenvalue weighted by molar-refractivity contribution is -0.0437. The van der Waals surface area contributed by atoms with Gasteiger partial charge in [-0.3, -0.25) is 5.32 Å². The van der Waals surface area contributed by atoms with Crippen molar-refractivity contribution < 1.29 is 14.6 Å². The highest BCUT2D eigenvalue weighted by Gasteiger charge is 2.47.